The minimum Gasteiger partial charge on any atom is -0.307 e. The van der Waals surface area contributed by atoms with Crippen molar-refractivity contribution in [1.29, 1.82) is 0 Å². The van der Waals surface area contributed by atoms with E-state index in [9.17, 15) is 13.2 Å². The molecule has 1 saturated heterocycles. The van der Waals surface area contributed by atoms with E-state index < -0.39 is 10.0 Å². The molecule has 3 rings (SSSR count). The number of rotatable bonds is 3. The van der Waals surface area contributed by atoms with E-state index in [2.05, 4.69) is 5.32 Å². The first-order valence-electron chi connectivity index (χ1n) is 7.85. The first-order chi connectivity index (χ1) is 10.5. The molecule has 1 atom stereocenters. The highest BCUT2D eigenvalue weighted by Crippen LogP contribution is 2.30. The van der Waals surface area contributed by atoms with Crippen molar-refractivity contribution in [2.24, 2.45) is 0 Å². The first kappa shape index (κ1) is 15.5. The van der Waals surface area contributed by atoms with Crippen molar-refractivity contribution in [3.8, 4) is 0 Å². The van der Waals surface area contributed by atoms with Gasteiger partial charge in [0.1, 0.15) is 0 Å². The van der Waals surface area contributed by atoms with Crippen molar-refractivity contribution < 1.29 is 13.2 Å². The molecular weight excluding hydrogens is 300 g/mol. The fourth-order valence-electron chi connectivity index (χ4n) is 3.34. The zero-order chi connectivity index (χ0) is 15.7. The van der Waals surface area contributed by atoms with Gasteiger partial charge in [0.05, 0.1) is 18.0 Å². The Morgan fingerprint density at radius 3 is 2.77 bits per heavy atom. The Hall–Kier alpha value is -1.40. The molecule has 0 radical (unpaired) electrons. The van der Waals surface area contributed by atoms with Gasteiger partial charge in [-0.15, -0.1) is 0 Å². The fourth-order valence-corrected chi connectivity index (χ4v) is 4.33. The Balaban J connectivity index is 1.89. The van der Waals surface area contributed by atoms with Crippen LogP contribution in [-0.2, 0) is 16.4 Å². The number of benzene rings is 1. The zero-order valence-corrected chi connectivity index (χ0v) is 13.7. The normalized spacial score (nSPS) is 22.2. The summed E-state index contributed by atoms with van der Waals surface area (Å²) in [6.45, 7) is 1.41. The molecule has 2 aliphatic heterocycles. The van der Waals surface area contributed by atoms with Gasteiger partial charge in [0.25, 0.3) is 0 Å². The van der Waals surface area contributed by atoms with Crippen LogP contribution in [0.3, 0.4) is 0 Å². The van der Waals surface area contributed by atoms with Gasteiger partial charge < -0.3 is 5.32 Å². The number of nitrogens with zero attached hydrogens (tertiary/aromatic N) is 1. The zero-order valence-electron chi connectivity index (χ0n) is 12.8. The van der Waals surface area contributed by atoms with Crippen LogP contribution in [0, 0.1) is 0 Å². The van der Waals surface area contributed by atoms with Gasteiger partial charge in [-0.05, 0) is 56.0 Å². The lowest BCUT2D eigenvalue weighted by atomic mass is 9.93. The van der Waals surface area contributed by atoms with E-state index in [0.29, 0.717) is 12.1 Å². The van der Waals surface area contributed by atoms with Gasteiger partial charge in [0.15, 0.2) is 5.78 Å². The standard InChI is InChI=1S/C16H22N2O3S/c1-22(20,21)18-10-4-5-12-11-13(7-8-15(12)18)16(19)14-6-2-3-9-17-14/h7-8,11,14,17H,2-6,9-10H2,1H3. The molecule has 1 unspecified atom stereocenters. The molecule has 0 saturated carbocycles. The quantitative estimate of drug-likeness (QED) is 0.861. The molecule has 2 heterocycles. The number of piperidine rings is 1. The van der Waals surface area contributed by atoms with Crippen molar-refractivity contribution in [3.63, 3.8) is 0 Å². The summed E-state index contributed by atoms with van der Waals surface area (Å²) < 4.78 is 25.2. The number of carbonyl (C=O) groups excluding carboxylic acids is 1. The fraction of sp³-hybridized carbons (Fsp3) is 0.562. The van der Waals surface area contributed by atoms with Gasteiger partial charge in [-0.3, -0.25) is 9.10 Å². The van der Waals surface area contributed by atoms with Gasteiger partial charge in [-0.25, -0.2) is 8.42 Å². The van der Waals surface area contributed by atoms with Crippen molar-refractivity contribution in [2.45, 2.75) is 38.1 Å². The minimum absolute atomic E-state index is 0.0959. The number of carbonyl (C=O) groups is 1. The predicted molar refractivity (Wildman–Crippen MR) is 86.9 cm³/mol. The second-order valence-corrected chi connectivity index (χ2v) is 8.06. The average molecular weight is 322 g/mol. The van der Waals surface area contributed by atoms with Crippen LogP contribution in [0.1, 0.15) is 41.6 Å². The lowest BCUT2D eigenvalue weighted by Crippen LogP contribution is -2.40. The Bertz CT molecular complexity index is 679. The smallest absolute Gasteiger partial charge is 0.232 e. The number of aryl methyl sites for hydroxylation is 1. The molecule has 0 spiro atoms. The van der Waals surface area contributed by atoms with E-state index in [-0.39, 0.29) is 11.8 Å². The SMILES string of the molecule is CS(=O)(=O)N1CCCc2cc(C(=O)C3CCCCN3)ccc21. The first-order valence-corrected chi connectivity index (χ1v) is 9.70. The van der Waals surface area contributed by atoms with Gasteiger partial charge >= 0.3 is 0 Å². The molecule has 120 valence electrons. The summed E-state index contributed by atoms with van der Waals surface area (Å²) in [5.74, 6) is 0.124. The largest absolute Gasteiger partial charge is 0.307 e. The molecule has 1 N–H and O–H groups in total. The highest BCUT2D eigenvalue weighted by molar-refractivity contribution is 7.92. The van der Waals surface area contributed by atoms with Crippen molar-refractivity contribution in [1.82, 2.24) is 5.32 Å². The van der Waals surface area contributed by atoms with Crippen LogP contribution >= 0.6 is 0 Å². The summed E-state index contributed by atoms with van der Waals surface area (Å²) in [5, 5.41) is 3.27. The number of ketones is 1. The maximum absolute atomic E-state index is 12.6. The molecule has 1 fully saturated rings. The monoisotopic (exact) mass is 322 g/mol. The van der Waals surface area contributed by atoms with Crippen molar-refractivity contribution in [3.05, 3.63) is 29.3 Å². The average Bonchev–Trinajstić information content (AvgIpc) is 2.53. The molecule has 2 aliphatic rings. The maximum Gasteiger partial charge on any atom is 0.232 e. The topological polar surface area (TPSA) is 66.5 Å². The number of nitrogens with one attached hydrogen (secondary N) is 1. The number of anilines is 1. The van der Waals surface area contributed by atoms with Crippen LogP contribution in [0.25, 0.3) is 0 Å². The molecule has 6 heteroatoms. The van der Waals surface area contributed by atoms with E-state index in [0.717, 1.165) is 49.9 Å². The summed E-state index contributed by atoms with van der Waals surface area (Å²) >= 11 is 0. The second kappa shape index (κ2) is 6.01. The van der Waals surface area contributed by atoms with Crippen LogP contribution < -0.4 is 9.62 Å². The summed E-state index contributed by atoms with van der Waals surface area (Å²) in [6, 6.07) is 5.33. The van der Waals surface area contributed by atoms with E-state index >= 15 is 0 Å². The minimum atomic E-state index is -3.26. The Labute approximate surface area is 131 Å². The van der Waals surface area contributed by atoms with Crippen LogP contribution in [0.5, 0.6) is 0 Å². The van der Waals surface area contributed by atoms with Crippen molar-refractivity contribution >= 4 is 21.5 Å². The molecule has 1 aromatic rings. The number of sulfonamides is 1. The molecular formula is C16H22N2O3S. The van der Waals surface area contributed by atoms with E-state index in [1.807, 2.05) is 6.07 Å². The molecule has 0 amide bonds. The predicted octanol–water partition coefficient (Wildman–Crippen LogP) is 1.72. The lowest BCUT2D eigenvalue weighted by molar-refractivity contribution is 0.0927. The molecule has 1 aromatic carbocycles. The van der Waals surface area contributed by atoms with Crippen LogP contribution in [-0.4, -0.2) is 39.6 Å². The highest BCUT2D eigenvalue weighted by atomic mass is 32.2. The second-order valence-electron chi connectivity index (χ2n) is 6.15. The maximum atomic E-state index is 12.6. The third-order valence-corrected chi connectivity index (χ3v) is 5.65. The molecule has 22 heavy (non-hydrogen) atoms. The number of fused-ring (bicyclic) bond motifs is 1. The van der Waals surface area contributed by atoms with Gasteiger partial charge in [-0.1, -0.05) is 6.42 Å². The molecule has 5 nitrogen and oxygen atoms in total. The summed E-state index contributed by atoms with van der Waals surface area (Å²) in [7, 11) is -3.26. The number of Topliss-reactive ketones (excluding diaryl/α,β-unsaturated/α-hetero) is 1. The third kappa shape index (κ3) is 3.03. The summed E-state index contributed by atoms with van der Waals surface area (Å²) in [6.07, 6.45) is 5.92. The molecule has 0 aromatic heterocycles. The Morgan fingerprint density at radius 1 is 1.27 bits per heavy atom. The van der Waals surface area contributed by atoms with E-state index in [1.165, 1.54) is 10.6 Å². The lowest BCUT2D eigenvalue weighted by Gasteiger charge is -2.30. The Kier molecular flexibility index (Phi) is 4.23. The van der Waals surface area contributed by atoms with E-state index in [4.69, 9.17) is 0 Å². The molecule has 0 aliphatic carbocycles. The summed E-state index contributed by atoms with van der Waals surface area (Å²) in [4.78, 5) is 12.6. The summed E-state index contributed by atoms with van der Waals surface area (Å²) in [5.41, 5.74) is 2.37. The highest BCUT2D eigenvalue weighted by Gasteiger charge is 2.26. The Morgan fingerprint density at radius 2 is 2.09 bits per heavy atom. The van der Waals surface area contributed by atoms with E-state index in [1.54, 1.807) is 12.1 Å². The molecule has 0 bridgehead atoms. The number of hydrogen-bond donors (Lipinski definition) is 1. The number of hydrogen-bond acceptors (Lipinski definition) is 4. The van der Waals surface area contributed by atoms with Gasteiger partial charge in [0.2, 0.25) is 10.0 Å². The van der Waals surface area contributed by atoms with Crippen LogP contribution in [0.4, 0.5) is 5.69 Å². The van der Waals surface area contributed by atoms with Crippen LogP contribution in [0.15, 0.2) is 18.2 Å². The van der Waals surface area contributed by atoms with Crippen LogP contribution in [0.2, 0.25) is 0 Å². The van der Waals surface area contributed by atoms with Crippen molar-refractivity contribution in [2.75, 3.05) is 23.7 Å². The third-order valence-electron chi connectivity index (χ3n) is 4.47. The van der Waals surface area contributed by atoms with Gasteiger partial charge in [0, 0.05) is 12.1 Å². The van der Waals surface area contributed by atoms with Gasteiger partial charge in [-0.2, -0.15) is 0 Å².